The van der Waals surface area contributed by atoms with Crippen LogP contribution in [-0.2, 0) is 4.79 Å². The number of nitrogens with zero attached hydrogens (tertiary/aromatic N) is 1. The Balaban J connectivity index is 2.07. The van der Waals surface area contributed by atoms with Gasteiger partial charge in [0.2, 0.25) is 5.91 Å². The van der Waals surface area contributed by atoms with Crippen LogP contribution in [0, 0.1) is 0 Å². The van der Waals surface area contributed by atoms with E-state index in [0.29, 0.717) is 35.8 Å². The van der Waals surface area contributed by atoms with E-state index in [2.05, 4.69) is 12.2 Å². The zero-order chi connectivity index (χ0) is 15.2. The Bertz CT molecular complexity index is 531. The zero-order valence-corrected chi connectivity index (χ0v) is 13.1. The maximum atomic E-state index is 12.1. The van der Waals surface area contributed by atoms with Crippen molar-refractivity contribution in [3.05, 3.63) is 28.8 Å². The van der Waals surface area contributed by atoms with Crippen LogP contribution in [0.15, 0.2) is 18.2 Å². The third-order valence-corrected chi connectivity index (χ3v) is 3.96. The van der Waals surface area contributed by atoms with Crippen molar-refractivity contribution in [2.75, 3.05) is 18.0 Å². The lowest BCUT2D eigenvalue weighted by molar-refractivity contribution is -0.117. The van der Waals surface area contributed by atoms with Crippen molar-refractivity contribution in [2.24, 2.45) is 0 Å². The molecule has 0 aromatic heterocycles. The molecule has 1 heterocycles. The average molecular weight is 309 g/mol. The molecule has 1 N–H and O–H groups in total. The minimum atomic E-state index is -0.115. The van der Waals surface area contributed by atoms with Gasteiger partial charge >= 0.3 is 0 Å². The minimum Gasteiger partial charge on any atom is -0.352 e. The zero-order valence-electron chi connectivity index (χ0n) is 12.3. The number of amides is 2. The van der Waals surface area contributed by atoms with E-state index < -0.39 is 0 Å². The Morgan fingerprint density at radius 3 is 2.86 bits per heavy atom. The van der Waals surface area contributed by atoms with E-state index in [1.165, 1.54) is 0 Å². The van der Waals surface area contributed by atoms with E-state index >= 15 is 0 Å². The van der Waals surface area contributed by atoms with Crippen LogP contribution in [0.1, 0.15) is 49.4 Å². The number of carbonyl (C=O) groups is 2. The summed E-state index contributed by atoms with van der Waals surface area (Å²) < 4.78 is 0. The lowest BCUT2D eigenvalue weighted by Crippen LogP contribution is -2.26. The molecule has 1 saturated heterocycles. The first kappa shape index (κ1) is 15.8. The number of rotatable bonds is 6. The number of hydrogen-bond donors (Lipinski definition) is 1. The summed E-state index contributed by atoms with van der Waals surface area (Å²) >= 11 is 6.17. The molecule has 1 fully saturated rings. The molecule has 0 aliphatic carbocycles. The molecule has 114 valence electrons. The van der Waals surface area contributed by atoms with E-state index in [0.717, 1.165) is 25.7 Å². The molecule has 1 aliphatic rings. The number of anilines is 1. The third-order valence-electron chi connectivity index (χ3n) is 3.64. The quantitative estimate of drug-likeness (QED) is 0.819. The van der Waals surface area contributed by atoms with Crippen molar-refractivity contribution < 1.29 is 9.59 Å². The first-order chi connectivity index (χ1) is 10.1. The van der Waals surface area contributed by atoms with Gasteiger partial charge in [-0.05, 0) is 31.0 Å². The van der Waals surface area contributed by atoms with Gasteiger partial charge in [-0.2, -0.15) is 0 Å². The molecule has 2 amide bonds. The molecule has 5 heteroatoms. The molecule has 1 aromatic rings. The number of carbonyl (C=O) groups excluding carboxylic acids is 2. The van der Waals surface area contributed by atoms with Crippen molar-refractivity contribution in [2.45, 2.75) is 39.0 Å². The largest absolute Gasteiger partial charge is 0.352 e. The third kappa shape index (κ3) is 3.97. The summed E-state index contributed by atoms with van der Waals surface area (Å²) in [6.07, 6.45) is 4.59. The Hall–Kier alpha value is -1.55. The van der Waals surface area contributed by atoms with Crippen molar-refractivity contribution >= 4 is 29.1 Å². The van der Waals surface area contributed by atoms with Crippen LogP contribution in [0.4, 0.5) is 5.69 Å². The summed E-state index contributed by atoms with van der Waals surface area (Å²) in [6.45, 7) is 3.47. The molecule has 0 saturated carbocycles. The standard InChI is InChI=1S/C16H21ClN2O2/c1-2-3-4-9-18-16(21)12-7-8-13(17)14(11-12)19-10-5-6-15(19)20/h7-8,11H,2-6,9-10H2,1H3,(H,18,21). The van der Waals surface area contributed by atoms with E-state index in [-0.39, 0.29) is 11.8 Å². The molecule has 0 bridgehead atoms. The maximum absolute atomic E-state index is 12.1. The van der Waals surface area contributed by atoms with Gasteiger partial charge in [0.25, 0.3) is 5.91 Å². The molecule has 0 unspecified atom stereocenters. The van der Waals surface area contributed by atoms with Crippen molar-refractivity contribution in [3.8, 4) is 0 Å². The van der Waals surface area contributed by atoms with Crippen LogP contribution in [0.3, 0.4) is 0 Å². The molecule has 0 atom stereocenters. The van der Waals surface area contributed by atoms with Gasteiger partial charge < -0.3 is 10.2 Å². The van der Waals surface area contributed by atoms with Crippen LogP contribution in [-0.4, -0.2) is 24.9 Å². The predicted molar refractivity (Wildman–Crippen MR) is 84.9 cm³/mol. The molecule has 0 spiro atoms. The van der Waals surface area contributed by atoms with E-state index in [4.69, 9.17) is 11.6 Å². The Morgan fingerprint density at radius 2 is 2.19 bits per heavy atom. The first-order valence-corrected chi connectivity index (χ1v) is 7.89. The summed E-state index contributed by atoms with van der Waals surface area (Å²) in [5.41, 5.74) is 1.19. The summed E-state index contributed by atoms with van der Waals surface area (Å²) in [5.74, 6) is -0.0481. The normalized spacial score (nSPS) is 14.6. The number of benzene rings is 1. The highest BCUT2D eigenvalue weighted by Gasteiger charge is 2.24. The van der Waals surface area contributed by atoms with E-state index in [1.807, 2.05) is 0 Å². The average Bonchev–Trinajstić information content (AvgIpc) is 2.90. The molecule has 4 nitrogen and oxygen atoms in total. The second-order valence-corrected chi connectivity index (χ2v) is 5.69. The lowest BCUT2D eigenvalue weighted by Gasteiger charge is -2.18. The SMILES string of the molecule is CCCCCNC(=O)c1ccc(Cl)c(N2CCCC2=O)c1. The topological polar surface area (TPSA) is 49.4 Å². The van der Waals surface area contributed by atoms with Crippen LogP contribution in [0.5, 0.6) is 0 Å². The molecular weight excluding hydrogens is 288 g/mol. The van der Waals surface area contributed by atoms with Crippen LogP contribution < -0.4 is 10.2 Å². The van der Waals surface area contributed by atoms with Crippen LogP contribution in [0.2, 0.25) is 5.02 Å². The lowest BCUT2D eigenvalue weighted by atomic mass is 10.1. The molecule has 1 aromatic carbocycles. The van der Waals surface area contributed by atoms with Crippen molar-refractivity contribution in [3.63, 3.8) is 0 Å². The number of hydrogen-bond acceptors (Lipinski definition) is 2. The number of nitrogens with one attached hydrogen (secondary N) is 1. The number of unbranched alkanes of at least 4 members (excludes halogenated alkanes) is 2. The van der Waals surface area contributed by atoms with E-state index in [1.54, 1.807) is 23.1 Å². The van der Waals surface area contributed by atoms with Gasteiger partial charge in [-0.15, -0.1) is 0 Å². The monoisotopic (exact) mass is 308 g/mol. The van der Waals surface area contributed by atoms with Gasteiger partial charge in [0.05, 0.1) is 10.7 Å². The molecule has 2 rings (SSSR count). The fourth-order valence-corrected chi connectivity index (χ4v) is 2.66. The molecular formula is C16H21ClN2O2. The fraction of sp³-hybridized carbons (Fsp3) is 0.500. The summed E-state index contributed by atoms with van der Waals surface area (Å²) in [7, 11) is 0. The first-order valence-electron chi connectivity index (χ1n) is 7.51. The van der Waals surface area contributed by atoms with E-state index in [9.17, 15) is 9.59 Å². The van der Waals surface area contributed by atoms with Gasteiger partial charge in [-0.1, -0.05) is 31.4 Å². The molecule has 21 heavy (non-hydrogen) atoms. The highest BCUT2D eigenvalue weighted by molar-refractivity contribution is 6.34. The van der Waals surface area contributed by atoms with Crippen molar-refractivity contribution in [1.29, 1.82) is 0 Å². The Labute approximate surface area is 130 Å². The smallest absolute Gasteiger partial charge is 0.251 e. The van der Waals surface area contributed by atoms with Crippen LogP contribution >= 0.6 is 11.6 Å². The van der Waals surface area contributed by atoms with Crippen LogP contribution in [0.25, 0.3) is 0 Å². The van der Waals surface area contributed by atoms with Gasteiger partial charge in [0.15, 0.2) is 0 Å². The Kier molecular flexibility index (Phi) is 5.62. The van der Waals surface area contributed by atoms with Crippen molar-refractivity contribution in [1.82, 2.24) is 5.32 Å². The Morgan fingerprint density at radius 1 is 1.38 bits per heavy atom. The van der Waals surface area contributed by atoms with Gasteiger partial charge in [-0.3, -0.25) is 9.59 Å². The highest BCUT2D eigenvalue weighted by atomic mass is 35.5. The fourth-order valence-electron chi connectivity index (χ4n) is 2.44. The predicted octanol–water partition coefficient (Wildman–Crippen LogP) is 3.39. The summed E-state index contributed by atoms with van der Waals surface area (Å²) in [4.78, 5) is 25.6. The van der Waals surface area contributed by atoms with Gasteiger partial charge in [-0.25, -0.2) is 0 Å². The second-order valence-electron chi connectivity index (χ2n) is 5.28. The summed E-state index contributed by atoms with van der Waals surface area (Å²) in [5, 5.41) is 3.40. The molecule has 1 aliphatic heterocycles. The molecule has 0 radical (unpaired) electrons. The maximum Gasteiger partial charge on any atom is 0.251 e. The van der Waals surface area contributed by atoms with Gasteiger partial charge in [0, 0.05) is 25.1 Å². The summed E-state index contributed by atoms with van der Waals surface area (Å²) in [6, 6.07) is 5.09. The minimum absolute atomic E-state index is 0.0670. The highest BCUT2D eigenvalue weighted by Crippen LogP contribution is 2.30. The second kappa shape index (κ2) is 7.46. The number of halogens is 1. The van der Waals surface area contributed by atoms with Gasteiger partial charge in [0.1, 0.15) is 0 Å².